The van der Waals surface area contributed by atoms with E-state index in [1.54, 1.807) is 0 Å². The monoisotopic (exact) mass is 650 g/mol. The molecule has 0 bridgehead atoms. The van der Waals surface area contributed by atoms with Crippen molar-refractivity contribution >= 4 is 43.6 Å². The average Bonchev–Trinajstić information content (AvgIpc) is 3.70. The van der Waals surface area contributed by atoms with Gasteiger partial charge in [-0.3, -0.25) is 0 Å². The fourth-order valence-electron chi connectivity index (χ4n) is 7.93. The van der Waals surface area contributed by atoms with Gasteiger partial charge < -0.3 is 9.13 Å². The first kappa shape index (κ1) is 29.3. The Morgan fingerprint density at radius 3 is 1.37 bits per heavy atom. The van der Waals surface area contributed by atoms with Crippen molar-refractivity contribution in [3.63, 3.8) is 0 Å². The summed E-state index contributed by atoms with van der Waals surface area (Å²) in [5.74, 6) is 0. The maximum Gasteiger partial charge on any atom is 0.0543 e. The van der Waals surface area contributed by atoms with Crippen LogP contribution in [0.25, 0.3) is 88.4 Å². The van der Waals surface area contributed by atoms with Crippen LogP contribution in [0, 0.1) is 6.92 Å². The Morgan fingerprint density at radius 1 is 0.275 bits per heavy atom. The van der Waals surface area contributed by atoms with Gasteiger partial charge in [0.15, 0.2) is 0 Å². The van der Waals surface area contributed by atoms with Crippen LogP contribution in [-0.2, 0) is 0 Å². The van der Waals surface area contributed by atoms with E-state index in [2.05, 4.69) is 204 Å². The van der Waals surface area contributed by atoms with E-state index < -0.39 is 0 Å². The van der Waals surface area contributed by atoms with Gasteiger partial charge in [0, 0.05) is 32.9 Å². The van der Waals surface area contributed by atoms with E-state index in [-0.39, 0.29) is 0 Å². The van der Waals surface area contributed by atoms with E-state index in [1.165, 1.54) is 88.2 Å². The predicted molar refractivity (Wildman–Crippen MR) is 216 cm³/mol. The van der Waals surface area contributed by atoms with Gasteiger partial charge in [-0.15, -0.1) is 0 Å². The van der Waals surface area contributed by atoms with Crippen LogP contribution in [0.3, 0.4) is 0 Å². The topological polar surface area (TPSA) is 9.86 Å². The third-order valence-corrected chi connectivity index (χ3v) is 10.3. The second-order valence-electron chi connectivity index (χ2n) is 13.5. The number of fused-ring (bicyclic) bond motifs is 6. The van der Waals surface area contributed by atoms with Crippen molar-refractivity contribution in [1.82, 2.24) is 9.13 Å². The number of rotatable bonds is 5. The van der Waals surface area contributed by atoms with E-state index >= 15 is 0 Å². The van der Waals surface area contributed by atoms with Crippen molar-refractivity contribution in [2.75, 3.05) is 0 Å². The molecular weight excluding hydrogens is 617 g/mol. The lowest BCUT2D eigenvalue weighted by Crippen LogP contribution is -1.96. The van der Waals surface area contributed by atoms with E-state index in [4.69, 9.17) is 0 Å². The van der Waals surface area contributed by atoms with Crippen molar-refractivity contribution < 1.29 is 0 Å². The highest BCUT2D eigenvalue weighted by Crippen LogP contribution is 2.40. The van der Waals surface area contributed by atoms with Crippen molar-refractivity contribution in [2.45, 2.75) is 6.92 Å². The summed E-state index contributed by atoms with van der Waals surface area (Å²) < 4.78 is 4.83. The first-order chi connectivity index (χ1) is 25.2. The molecule has 0 unspecified atom stereocenters. The minimum atomic E-state index is 1.16. The molecule has 10 aromatic rings. The summed E-state index contributed by atoms with van der Waals surface area (Å²) in [5.41, 5.74) is 15.7. The number of para-hydroxylation sites is 2. The molecule has 0 saturated heterocycles. The van der Waals surface area contributed by atoms with Crippen molar-refractivity contribution in [3.05, 3.63) is 194 Å². The molecule has 2 nitrogen and oxygen atoms in total. The summed E-state index contributed by atoms with van der Waals surface area (Å²) in [6, 6.07) is 68.6. The molecule has 0 spiro atoms. The summed E-state index contributed by atoms with van der Waals surface area (Å²) in [7, 11) is 0. The minimum Gasteiger partial charge on any atom is -0.309 e. The van der Waals surface area contributed by atoms with Crippen molar-refractivity contribution in [3.8, 4) is 44.8 Å². The molecule has 0 saturated carbocycles. The highest BCUT2D eigenvalue weighted by molar-refractivity contribution is 6.13. The van der Waals surface area contributed by atoms with E-state index in [1.807, 2.05) is 0 Å². The summed E-state index contributed by atoms with van der Waals surface area (Å²) in [4.78, 5) is 0. The van der Waals surface area contributed by atoms with Gasteiger partial charge in [0.05, 0.1) is 22.1 Å². The molecular formula is C49H34N2. The first-order valence-corrected chi connectivity index (χ1v) is 17.6. The number of hydrogen-bond donors (Lipinski definition) is 0. The van der Waals surface area contributed by atoms with Crippen LogP contribution < -0.4 is 0 Å². The molecule has 0 radical (unpaired) electrons. The third-order valence-electron chi connectivity index (χ3n) is 10.3. The number of nitrogens with zero attached hydrogens (tertiary/aromatic N) is 2. The summed E-state index contributed by atoms with van der Waals surface area (Å²) in [6.07, 6.45) is 0. The Bertz CT molecular complexity index is 2840. The minimum absolute atomic E-state index is 1.16. The van der Waals surface area contributed by atoms with Crippen molar-refractivity contribution in [2.24, 2.45) is 0 Å². The van der Waals surface area contributed by atoms with E-state index in [0.29, 0.717) is 0 Å². The normalized spacial score (nSPS) is 11.6. The number of benzene rings is 8. The van der Waals surface area contributed by atoms with Gasteiger partial charge in [0.2, 0.25) is 0 Å². The van der Waals surface area contributed by atoms with Gasteiger partial charge in [-0.25, -0.2) is 0 Å². The van der Waals surface area contributed by atoms with E-state index in [9.17, 15) is 0 Å². The SMILES string of the molecule is Cc1ccc2c3cc(-c4ccc5c(c4)c4ccccc4n5-c4ccccc4)ccc3n(-c3cc(-c4ccccc4)cc(-c4ccccc4)c3)c2c1. The van der Waals surface area contributed by atoms with Gasteiger partial charge in [0.25, 0.3) is 0 Å². The summed E-state index contributed by atoms with van der Waals surface area (Å²) >= 11 is 0. The molecule has 240 valence electrons. The second-order valence-corrected chi connectivity index (χ2v) is 13.5. The van der Waals surface area contributed by atoms with Gasteiger partial charge in [0.1, 0.15) is 0 Å². The quantitative estimate of drug-likeness (QED) is 0.175. The van der Waals surface area contributed by atoms with Crippen LogP contribution in [0.1, 0.15) is 5.56 Å². The van der Waals surface area contributed by atoms with Gasteiger partial charge in [-0.2, -0.15) is 0 Å². The smallest absolute Gasteiger partial charge is 0.0543 e. The lowest BCUT2D eigenvalue weighted by Gasteiger charge is -2.14. The van der Waals surface area contributed by atoms with Gasteiger partial charge in [-0.1, -0.05) is 121 Å². The molecule has 0 fully saturated rings. The lowest BCUT2D eigenvalue weighted by atomic mass is 9.98. The van der Waals surface area contributed by atoms with Crippen molar-refractivity contribution in [1.29, 1.82) is 0 Å². The molecule has 0 aliphatic carbocycles. The molecule has 0 aliphatic heterocycles. The number of hydrogen-bond acceptors (Lipinski definition) is 0. The fourth-order valence-corrected chi connectivity index (χ4v) is 7.93. The molecule has 2 heterocycles. The van der Waals surface area contributed by atoms with Crippen LogP contribution in [0.4, 0.5) is 0 Å². The van der Waals surface area contributed by atoms with Crippen LogP contribution >= 0.6 is 0 Å². The molecule has 0 atom stereocenters. The maximum absolute atomic E-state index is 2.46. The Morgan fingerprint density at radius 2 is 0.765 bits per heavy atom. The Labute approximate surface area is 297 Å². The van der Waals surface area contributed by atoms with Crippen LogP contribution in [-0.4, -0.2) is 9.13 Å². The average molecular weight is 651 g/mol. The summed E-state index contributed by atoms with van der Waals surface area (Å²) in [6.45, 7) is 2.18. The Balaban J connectivity index is 1.18. The van der Waals surface area contributed by atoms with Crippen LogP contribution in [0.2, 0.25) is 0 Å². The largest absolute Gasteiger partial charge is 0.309 e. The molecule has 0 aliphatic rings. The molecule has 2 heteroatoms. The fraction of sp³-hybridized carbons (Fsp3) is 0.0204. The first-order valence-electron chi connectivity index (χ1n) is 17.6. The van der Waals surface area contributed by atoms with Gasteiger partial charge >= 0.3 is 0 Å². The zero-order chi connectivity index (χ0) is 33.9. The highest BCUT2D eigenvalue weighted by Gasteiger charge is 2.17. The van der Waals surface area contributed by atoms with Crippen LogP contribution in [0.15, 0.2) is 188 Å². The second kappa shape index (κ2) is 11.8. The molecule has 8 aromatic carbocycles. The molecule has 2 aromatic heterocycles. The Kier molecular flexibility index (Phi) is 6.75. The zero-order valence-corrected chi connectivity index (χ0v) is 28.3. The maximum atomic E-state index is 2.46. The van der Waals surface area contributed by atoms with Crippen LogP contribution in [0.5, 0.6) is 0 Å². The standard InChI is InChI=1S/C49H34N2/c1-33-21-24-43-45-32-37(36-22-25-47-44(31-36)42-19-11-12-20-46(42)50(47)40-17-9-4-10-18-40)23-26-48(45)51(49(43)27-33)41-29-38(34-13-5-2-6-14-34)28-39(30-41)35-15-7-3-8-16-35/h2-32H,1H3. The molecule has 10 rings (SSSR count). The molecule has 51 heavy (non-hydrogen) atoms. The lowest BCUT2D eigenvalue weighted by molar-refractivity contribution is 1.18. The Hall–Kier alpha value is -6.64. The summed E-state index contributed by atoms with van der Waals surface area (Å²) in [5, 5.41) is 5.03. The third kappa shape index (κ3) is 4.87. The molecule has 0 amide bonds. The predicted octanol–water partition coefficient (Wildman–Crippen LogP) is 13.2. The number of aromatic nitrogens is 2. The molecule has 0 N–H and O–H groups in total. The number of aryl methyl sites for hydroxylation is 1. The van der Waals surface area contributed by atoms with E-state index in [0.717, 1.165) is 5.69 Å². The van der Waals surface area contributed by atoms with Gasteiger partial charge in [-0.05, 0) is 113 Å². The highest BCUT2D eigenvalue weighted by atomic mass is 15.0. The zero-order valence-electron chi connectivity index (χ0n) is 28.3.